The van der Waals surface area contributed by atoms with Crippen LogP contribution in [0.15, 0.2) is 83.3 Å². The quantitative estimate of drug-likeness (QED) is 0.190. The second-order valence-corrected chi connectivity index (χ2v) is 10.9. The number of hydrogen-bond acceptors (Lipinski definition) is 6. The van der Waals surface area contributed by atoms with E-state index in [0.29, 0.717) is 22.6 Å². The maximum Gasteiger partial charge on any atom is 0.248 e. The van der Waals surface area contributed by atoms with Crippen molar-refractivity contribution in [1.82, 2.24) is 10.2 Å². The fraction of sp³-hybridized carbons (Fsp3) is 0.333. The first-order valence-corrected chi connectivity index (χ1v) is 13.2. The van der Waals surface area contributed by atoms with E-state index >= 15 is 0 Å². The van der Waals surface area contributed by atoms with Crippen molar-refractivity contribution in [3.63, 3.8) is 0 Å². The van der Waals surface area contributed by atoms with Gasteiger partial charge in [-0.05, 0) is 59.2 Å². The van der Waals surface area contributed by atoms with Gasteiger partial charge in [-0.1, -0.05) is 98.4 Å². The Hall–Kier alpha value is -4.06. The molecule has 0 amide bonds. The van der Waals surface area contributed by atoms with Crippen molar-refractivity contribution < 1.29 is 9.15 Å². The van der Waals surface area contributed by atoms with Crippen molar-refractivity contribution in [2.75, 3.05) is 0 Å². The predicted octanol–water partition coefficient (Wildman–Crippen LogP) is 8.89. The topological polar surface area (TPSA) is 95.8 Å². The van der Waals surface area contributed by atoms with Crippen LogP contribution in [-0.4, -0.2) is 22.0 Å². The van der Waals surface area contributed by atoms with Crippen LogP contribution in [0.5, 0.6) is 0 Å². The Balaban J connectivity index is 0.00000260. The molecule has 0 aliphatic rings. The third-order valence-corrected chi connectivity index (χ3v) is 5.99. The van der Waals surface area contributed by atoms with E-state index < -0.39 is 0 Å². The molecule has 6 nitrogen and oxygen atoms in total. The van der Waals surface area contributed by atoms with E-state index in [1.54, 1.807) is 25.2 Å². The largest absolute Gasteiger partial charge is 0.421 e. The molecule has 0 saturated heterocycles. The maximum absolute atomic E-state index is 8.43. The molecule has 0 radical (unpaired) electrons. The van der Waals surface area contributed by atoms with Crippen LogP contribution >= 0.6 is 0 Å². The highest BCUT2D eigenvalue weighted by Gasteiger charge is 2.18. The minimum atomic E-state index is -0.163. The van der Waals surface area contributed by atoms with E-state index in [1.807, 2.05) is 50.2 Å². The van der Waals surface area contributed by atoms with Gasteiger partial charge >= 0.3 is 0 Å². The summed E-state index contributed by atoms with van der Waals surface area (Å²) in [6.07, 6.45) is 5.00. The van der Waals surface area contributed by atoms with Crippen molar-refractivity contribution in [3.05, 3.63) is 101 Å². The highest BCUT2D eigenvalue weighted by atomic mass is 16.5. The number of nitrogens with zero attached hydrogens (tertiary/aromatic N) is 2. The van der Waals surface area contributed by atoms with E-state index in [9.17, 15) is 0 Å². The molecular weight excluding hydrogens is 484 g/mol. The van der Waals surface area contributed by atoms with Gasteiger partial charge in [0.15, 0.2) is 0 Å². The van der Waals surface area contributed by atoms with Crippen LogP contribution in [0.2, 0.25) is 0 Å². The van der Waals surface area contributed by atoms with Crippen LogP contribution in [-0.2, 0) is 15.6 Å². The molecule has 0 spiro atoms. The summed E-state index contributed by atoms with van der Waals surface area (Å²) in [5, 5.41) is 25.1. The molecule has 1 aromatic heterocycles. The Morgan fingerprint density at radius 1 is 0.846 bits per heavy atom. The van der Waals surface area contributed by atoms with Crippen molar-refractivity contribution in [1.29, 1.82) is 10.8 Å². The van der Waals surface area contributed by atoms with Gasteiger partial charge in [-0.25, -0.2) is 0 Å². The zero-order valence-electron chi connectivity index (χ0n) is 24.8. The smallest absolute Gasteiger partial charge is 0.248 e. The van der Waals surface area contributed by atoms with E-state index in [1.165, 1.54) is 5.56 Å². The van der Waals surface area contributed by atoms with Gasteiger partial charge in [0.2, 0.25) is 23.6 Å². The Bertz CT molecular complexity index is 1340. The van der Waals surface area contributed by atoms with Crippen LogP contribution in [0.25, 0.3) is 17.0 Å². The first-order chi connectivity index (χ1) is 18.3. The Morgan fingerprint density at radius 3 is 1.82 bits per heavy atom. The number of nitrogens with one attached hydrogen (secondary N) is 2. The molecule has 1 heterocycles. The third-order valence-electron chi connectivity index (χ3n) is 5.99. The normalized spacial score (nSPS) is 12.3. The van der Waals surface area contributed by atoms with Crippen molar-refractivity contribution >= 4 is 17.4 Å². The second kappa shape index (κ2) is 13.1. The molecule has 2 N–H and O–H groups in total. The number of rotatable bonds is 6. The van der Waals surface area contributed by atoms with Crippen LogP contribution in [0.3, 0.4) is 0 Å². The van der Waals surface area contributed by atoms with Gasteiger partial charge in [-0.3, -0.25) is 10.8 Å². The summed E-state index contributed by atoms with van der Waals surface area (Å²) in [7, 11) is 0. The average Bonchev–Trinajstić information content (AvgIpc) is 3.40. The van der Waals surface area contributed by atoms with Gasteiger partial charge in [0, 0.05) is 22.3 Å². The van der Waals surface area contributed by atoms with Gasteiger partial charge < -0.3 is 9.15 Å². The van der Waals surface area contributed by atoms with Crippen molar-refractivity contribution in [2.24, 2.45) is 0 Å². The Morgan fingerprint density at radius 2 is 1.36 bits per heavy atom. The molecule has 206 valence electrons. The zero-order valence-corrected chi connectivity index (χ0v) is 24.8. The van der Waals surface area contributed by atoms with Gasteiger partial charge in [0.05, 0.1) is 0 Å². The Labute approximate surface area is 233 Å². The molecule has 0 saturated carbocycles. The summed E-state index contributed by atoms with van der Waals surface area (Å²) in [4.78, 5) is 0. The molecule has 0 aliphatic heterocycles. The van der Waals surface area contributed by atoms with Crippen LogP contribution in [0.4, 0.5) is 0 Å². The molecule has 0 bridgehead atoms. The lowest BCUT2D eigenvalue weighted by molar-refractivity contribution is 0.537. The molecule has 0 atom stereocenters. The number of hydrogen-bond donors (Lipinski definition) is 2. The number of ether oxygens (including phenoxy) is 1. The summed E-state index contributed by atoms with van der Waals surface area (Å²) < 4.78 is 11.5. The average molecular weight is 527 g/mol. The van der Waals surface area contributed by atoms with E-state index in [-0.39, 0.29) is 28.5 Å². The highest BCUT2D eigenvalue weighted by molar-refractivity contribution is 6.06. The number of allylic oxidation sites excluding steroid dienone is 3. The first-order valence-electron chi connectivity index (χ1n) is 13.2. The Kier molecular flexibility index (Phi) is 10.5. The molecule has 3 rings (SSSR count). The number of benzene rings is 2. The molecule has 39 heavy (non-hydrogen) atoms. The summed E-state index contributed by atoms with van der Waals surface area (Å²) in [5.74, 6) is 0.420. The molecule has 0 unspecified atom stereocenters. The molecular formula is C33H42N4O2. The van der Waals surface area contributed by atoms with Crippen LogP contribution in [0.1, 0.15) is 84.9 Å². The molecule has 3 aromatic rings. The zero-order chi connectivity index (χ0) is 29.4. The first kappa shape index (κ1) is 31.2. The third kappa shape index (κ3) is 8.21. The van der Waals surface area contributed by atoms with Gasteiger partial charge in [0.25, 0.3) is 0 Å². The lowest BCUT2D eigenvalue weighted by atomic mass is 9.87. The van der Waals surface area contributed by atoms with Crippen LogP contribution < -0.4 is 0 Å². The van der Waals surface area contributed by atoms with Crippen molar-refractivity contribution in [3.8, 4) is 11.5 Å². The second-order valence-electron chi connectivity index (χ2n) is 10.9. The number of aromatic nitrogens is 2. The lowest BCUT2D eigenvalue weighted by Gasteiger charge is -2.19. The van der Waals surface area contributed by atoms with Gasteiger partial charge in [-0.15, -0.1) is 10.2 Å². The fourth-order valence-corrected chi connectivity index (χ4v) is 3.57. The molecule has 2 aromatic carbocycles. The monoisotopic (exact) mass is 526 g/mol. The van der Waals surface area contributed by atoms with E-state index in [2.05, 4.69) is 70.5 Å². The van der Waals surface area contributed by atoms with E-state index in [0.717, 1.165) is 11.1 Å². The highest BCUT2D eigenvalue weighted by Crippen LogP contribution is 2.27. The van der Waals surface area contributed by atoms with E-state index in [4.69, 9.17) is 20.0 Å². The van der Waals surface area contributed by atoms with Crippen molar-refractivity contribution in [2.45, 2.75) is 73.1 Å². The summed E-state index contributed by atoms with van der Waals surface area (Å²) >= 11 is 0. The minimum absolute atomic E-state index is 0.0166. The SMILES string of the molecule is C=C/C(=C\C(=C/C)C(=N)OC(=N)c1ccc(C(C)(C)C)cc1)c1nnc(-c2ccc(C(C)(C)C)cc2)o1.CC. The standard InChI is InChI=1S/C31H36N4O2.C2H6/c1-9-20(26(32)36-27(33)22-11-15-24(16-12-22)30(3,4)5)19-21(10-2)28-34-35-29(37-28)23-13-17-25(18-14-23)31(6,7)8;1-2/h9-19,32-33H,2H2,1,3-8H3;1-2H3/b20-9+,21-19+,32-26?,33-27?;. The summed E-state index contributed by atoms with van der Waals surface area (Å²) in [5.41, 5.74) is 4.88. The molecule has 6 heteroatoms. The molecule has 0 fully saturated rings. The van der Waals surface area contributed by atoms with Gasteiger partial charge in [0.1, 0.15) is 0 Å². The minimum Gasteiger partial charge on any atom is -0.421 e. The summed E-state index contributed by atoms with van der Waals surface area (Å²) in [6.45, 7) is 22.6. The fourth-order valence-electron chi connectivity index (χ4n) is 3.57. The summed E-state index contributed by atoms with van der Waals surface area (Å²) in [6, 6.07) is 15.7. The lowest BCUT2D eigenvalue weighted by Crippen LogP contribution is -2.15. The van der Waals surface area contributed by atoms with Gasteiger partial charge in [-0.2, -0.15) is 0 Å². The molecule has 0 aliphatic carbocycles. The van der Waals surface area contributed by atoms with Crippen LogP contribution in [0, 0.1) is 10.8 Å². The predicted molar refractivity (Wildman–Crippen MR) is 162 cm³/mol. The maximum atomic E-state index is 8.43.